The molecule has 158 valence electrons. The molecule has 4 nitrogen and oxygen atoms in total. The van der Waals surface area contributed by atoms with Gasteiger partial charge in [0.05, 0.1) is 5.56 Å². The zero-order valence-electron chi connectivity index (χ0n) is 18.1. The van der Waals surface area contributed by atoms with Crippen molar-refractivity contribution in [3.63, 3.8) is 0 Å². The molecule has 0 saturated carbocycles. The third-order valence-corrected chi connectivity index (χ3v) is 5.54. The van der Waals surface area contributed by atoms with Gasteiger partial charge >= 0.3 is 0 Å². The minimum Gasteiger partial charge on any atom is -0.489 e. The van der Waals surface area contributed by atoms with Crippen molar-refractivity contribution in [2.24, 2.45) is 0 Å². The third-order valence-electron chi connectivity index (χ3n) is 5.54. The van der Waals surface area contributed by atoms with E-state index in [9.17, 15) is 4.39 Å². The van der Waals surface area contributed by atoms with Crippen molar-refractivity contribution in [3.05, 3.63) is 101 Å². The van der Waals surface area contributed by atoms with E-state index in [1.807, 2.05) is 12.1 Å². The Balaban J connectivity index is 1.47. The van der Waals surface area contributed by atoms with Crippen LogP contribution in [0.5, 0.6) is 5.75 Å². The van der Waals surface area contributed by atoms with Gasteiger partial charge in [0, 0.05) is 12.3 Å². The van der Waals surface area contributed by atoms with Gasteiger partial charge in [0.15, 0.2) is 0 Å². The molecular weight excluding hydrogens is 391 g/mol. The lowest BCUT2D eigenvalue weighted by Gasteiger charge is -2.26. The second-order valence-electron chi connectivity index (χ2n) is 8.24. The molecule has 4 rings (SSSR count). The van der Waals surface area contributed by atoms with Gasteiger partial charge in [0.2, 0.25) is 5.89 Å². The smallest absolute Gasteiger partial charge is 0.250 e. The Morgan fingerprint density at radius 3 is 2.13 bits per heavy atom. The van der Waals surface area contributed by atoms with E-state index in [0.717, 1.165) is 11.3 Å². The predicted molar refractivity (Wildman–Crippen MR) is 119 cm³/mol. The van der Waals surface area contributed by atoms with E-state index in [0.29, 0.717) is 12.5 Å². The van der Waals surface area contributed by atoms with Crippen molar-refractivity contribution >= 4 is 0 Å². The molecule has 0 unspecified atom stereocenters. The van der Waals surface area contributed by atoms with Crippen LogP contribution in [0.2, 0.25) is 0 Å². The zero-order chi connectivity index (χ0) is 22.0. The number of hydrogen-bond acceptors (Lipinski definition) is 4. The summed E-state index contributed by atoms with van der Waals surface area (Å²) in [5.74, 6) is 0.905. The lowest BCUT2D eigenvalue weighted by atomic mass is 9.78. The maximum absolute atomic E-state index is 14.2. The van der Waals surface area contributed by atoms with Gasteiger partial charge in [-0.25, -0.2) is 4.39 Å². The van der Waals surface area contributed by atoms with Gasteiger partial charge in [0.25, 0.3) is 5.89 Å². The first-order valence-electron chi connectivity index (χ1n) is 10.2. The van der Waals surface area contributed by atoms with Crippen LogP contribution in [-0.2, 0) is 12.0 Å². The molecule has 0 N–H and O–H groups in total. The van der Waals surface area contributed by atoms with E-state index in [-0.39, 0.29) is 16.9 Å². The molecule has 3 aromatic carbocycles. The minimum absolute atomic E-state index is 0.111. The van der Waals surface area contributed by atoms with Gasteiger partial charge in [-0.3, -0.25) is 0 Å². The molecule has 0 aliphatic heterocycles. The normalized spacial score (nSPS) is 11.5. The molecule has 0 spiro atoms. The molecule has 31 heavy (non-hydrogen) atoms. The summed E-state index contributed by atoms with van der Waals surface area (Å²) in [6.45, 7) is 8.50. The average molecular weight is 416 g/mol. The highest BCUT2D eigenvalue weighted by atomic mass is 19.1. The Morgan fingerprint density at radius 1 is 0.871 bits per heavy atom. The summed E-state index contributed by atoms with van der Waals surface area (Å²) < 4.78 is 25.5. The van der Waals surface area contributed by atoms with E-state index in [2.05, 4.69) is 67.4 Å². The van der Waals surface area contributed by atoms with Crippen molar-refractivity contribution < 1.29 is 13.5 Å². The number of hydrogen-bond donors (Lipinski definition) is 0. The summed E-state index contributed by atoms with van der Waals surface area (Å²) in [6, 6.07) is 21.5. The lowest BCUT2D eigenvalue weighted by Crippen LogP contribution is -2.18. The maximum atomic E-state index is 14.2. The van der Waals surface area contributed by atoms with Gasteiger partial charge in [0.1, 0.15) is 18.2 Å². The summed E-state index contributed by atoms with van der Waals surface area (Å²) in [5, 5.41) is 7.67. The van der Waals surface area contributed by atoms with Crippen molar-refractivity contribution in [3.8, 4) is 17.2 Å². The Bertz CT molecular complexity index is 1180. The molecule has 5 heteroatoms. The van der Waals surface area contributed by atoms with Gasteiger partial charge in [-0.1, -0.05) is 61.9 Å². The lowest BCUT2D eigenvalue weighted by molar-refractivity contribution is 0.306. The first kappa shape index (κ1) is 20.8. The summed E-state index contributed by atoms with van der Waals surface area (Å²) in [4.78, 5) is 0. The van der Waals surface area contributed by atoms with Crippen molar-refractivity contribution in [1.29, 1.82) is 0 Å². The Labute approximate surface area is 181 Å². The fourth-order valence-electron chi connectivity index (χ4n) is 3.50. The Kier molecular flexibility index (Phi) is 5.59. The first-order valence-corrected chi connectivity index (χ1v) is 10.2. The molecule has 0 aliphatic rings. The molecule has 0 bridgehead atoms. The molecule has 0 radical (unpaired) electrons. The number of benzene rings is 3. The predicted octanol–water partition coefficient (Wildman–Crippen LogP) is 6.40. The van der Waals surface area contributed by atoms with Crippen LogP contribution in [-0.4, -0.2) is 10.2 Å². The quantitative estimate of drug-likeness (QED) is 0.365. The van der Waals surface area contributed by atoms with Crippen LogP contribution in [0, 0.1) is 19.7 Å². The summed E-state index contributed by atoms with van der Waals surface area (Å²) in [5.41, 5.74) is 4.71. The molecule has 0 aliphatic carbocycles. The van der Waals surface area contributed by atoms with Gasteiger partial charge < -0.3 is 9.15 Å². The van der Waals surface area contributed by atoms with Crippen LogP contribution in [0.1, 0.15) is 42.0 Å². The molecule has 0 saturated heterocycles. The Hall–Kier alpha value is -3.47. The standard InChI is InChI=1S/C26H25FN2O2/c1-17-5-8-20(9-6-17)26(3,4)21-10-12-22(13-11-21)30-16-19-7-14-24(27)23(15-19)25-29-28-18(2)31-25/h5-15H,16H2,1-4H3. The van der Waals surface area contributed by atoms with Crippen molar-refractivity contribution in [1.82, 2.24) is 10.2 Å². The number of aryl methyl sites for hydroxylation is 2. The van der Waals surface area contributed by atoms with Crippen LogP contribution in [0.25, 0.3) is 11.5 Å². The molecular formula is C26H25FN2O2. The number of aromatic nitrogens is 2. The van der Waals surface area contributed by atoms with Crippen molar-refractivity contribution in [2.75, 3.05) is 0 Å². The van der Waals surface area contributed by atoms with Gasteiger partial charge in [-0.05, 0) is 47.9 Å². The van der Waals surface area contributed by atoms with E-state index < -0.39 is 5.82 Å². The average Bonchev–Trinajstić information content (AvgIpc) is 3.20. The van der Waals surface area contributed by atoms with E-state index >= 15 is 0 Å². The summed E-state index contributed by atoms with van der Waals surface area (Å²) in [7, 11) is 0. The molecule has 0 atom stereocenters. The largest absolute Gasteiger partial charge is 0.489 e. The minimum atomic E-state index is -0.407. The number of ether oxygens (including phenoxy) is 1. The fourth-order valence-corrected chi connectivity index (χ4v) is 3.50. The van der Waals surface area contributed by atoms with Crippen LogP contribution in [0.4, 0.5) is 4.39 Å². The van der Waals surface area contributed by atoms with Crippen molar-refractivity contribution in [2.45, 2.75) is 39.7 Å². The van der Waals surface area contributed by atoms with Crippen LogP contribution in [0.3, 0.4) is 0 Å². The highest BCUT2D eigenvalue weighted by molar-refractivity contribution is 5.55. The van der Waals surface area contributed by atoms with Crippen LogP contribution in [0.15, 0.2) is 71.1 Å². The van der Waals surface area contributed by atoms with Crippen LogP contribution >= 0.6 is 0 Å². The number of nitrogens with zero attached hydrogens (tertiary/aromatic N) is 2. The van der Waals surface area contributed by atoms with E-state index in [1.165, 1.54) is 22.8 Å². The van der Waals surface area contributed by atoms with E-state index in [4.69, 9.17) is 9.15 Å². The second kappa shape index (κ2) is 8.34. The van der Waals surface area contributed by atoms with E-state index in [1.54, 1.807) is 19.1 Å². The highest BCUT2D eigenvalue weighted by Crippen LogP contribution is 2.32. The molecule has 0 fully saturated rings. The number of rotatable bonds is 6. The number of halogens is 1. The molecule has 4 aromatic rings. The molecule has 1 heterocycles. The molecule has 0 amide bonds. The van der Waals surface area contributed by atoms with Gasteiger partial charge in [-0.15, -0.1) is 10.2 Å². The zero-order valence-corrected chi connectivity index (χ0v) is 18.1. The molecule has 1 aromatic heterocycles. The van der Waals surface area contributed by atoms with Gasteiger partial charge in [-0.2, -0.15) is 0 Å². The topological polar surface area (TPSA) is 48.2 Å². The fraction of sp³-hybridized carbons (Fsp3) is 0.231. The summed E-state index contributed by atoms with van der Waals surface area (Å²) >= 11 is 0. The van der Waals surface area contributed by atoms with Crippen LogP contribution < -0.4 is 4.74 Å². The first-order chi connectivity index (χ1) is 14.8. The third kappa shape index (κ3) is 4.50. The second-order valence-corrected chi connectivity index (χ2v) is 8.24. The summed E-state index contributed by atoms with van der Waals surface area (Å²) in [6.07, 6.45) is 0. The highest BCUT2D eigenvalue weighted by Gasteiger charge is 2.23. The maximum Gasteiger partial charge on any atom is 0.250 e. The SMILES string of the molecule is Cc1ccc(C(C)(C)c2ccc(OCc3ccc(F)c(-c4nnc(C)o4)c3)cc2)cc1. The Morgan fingerprint density at radius 2 is 1.52 bits per heavy atom. The monoisotopic (exact) mass is 416 g/mol.